The average Bonchev–Trinajstić information content (AvgIpc) is 3.14. The standard InChI is InChI=1S/C14H22N2O/c1-3-17-13-6-4-5-11(9-13)14(10-15)16(2)12-7-8-12/h4-6,9,12,14H,3,7-8,10,15H2,1-2H3. The maximum Gasteiger partial charge on any atom is 0.119 e. The van der Waals surface area contributed by atoms with Gasteiger partial charge in [-0.3, -0.25) is 4.90 Å². The summed E-state index contributed by atoms with van der Waals surface area (Å²) >= 11 is 0. The van der Waals surface area contributed by atoms with Crippen LogP contribution in [-0.2, 0) is 0 Å². The number of hydrogen-bond donors (Lipinski definition) is 1. The molecule has 1 aromatic rings. The van der Waals surface area contributed by atoms with Crippen molar-refractivity contribution in [2.24, 2.45) is 5.73 Å². The Hall–Kier alpha value is -1.06. The molecule has 0 aromatic heterocycles. The number of nitrogens with zero attached hydrogens (tertiary/aromatic N) is 1. The van der Waals surface area contributed by atoms with E-state index in [9.17, 15) is 0 Å². The quantitative estimate of drug-likeness (QED) is 0.820. The highest BCUT2D eigenvalue weighted by molar-refractivity contribution is 5.31. The van der Waals surface area contributed by atoms with Crippen molar-refractivity contribution in [2.75, 3.05) is 20.2 Å². The minimum Gasteiger partial charge on any atom is -0.494 e. The largest absolute Gasteiger partial charge is 0.494 e. The molecule has 1 aliphatic rings. The third-order valence-electron chi connectivity index (χ3n) is 3.39. The Labute approximate surface area is 104 Å². The molecule has 1 aromatic carbocycles. The lowest BCUT2D eigenvalue weighted by molar-refractivity contribution is 0.239. The van der Waals surface area contributed by atoms with Crippen molar-refractivity contribution in [3.63, 3.8) is 0 Å². The Morgan fingerprint density at radius 1 is 1.47 bits per heavy atom. The van der Waals surface area contributed by atoms with E-state index in [0.717, 1.165) is 11.8 Å². The summed E-state index contributed by atoms with van der Waals surface area (Å²) in [4.78, 5) is 2.39. The summed E-state index contributed by atoms with van der Waals surface area (Å²) in [5.41, 5.74) is 7.17. The molecule has 1 saturated carbocycles. The first-order chi connectivity index (χ1) is 8.26. The molecule has 0 amide bonds. The normalized spacial score (nSPS) is 17.2. The minimum absolute atomic E-state index is 0.308. The van der Waals surface area contributed by atoms with E-state index in [1.54, 1.807) is 0 Å². The van der Waals surface area contributed by atoms with E-state index in [0.29, 0.717) is 19.2 Å². The van der Waals surface area contributed by atoms with Crippen LogP contribution in [-0.4, -0.2) is 31.1 Å². The maximum absolute atomic E-state index is 5.91. The third kappa shape index (κ3) is 2.99. The van der Waals surface area contributed by atoms with Gasteiger partial charge in [-0.1, -0.05) is 12.1 Å². The molecule has 1 atom stereocenters. The summed E-state index contributed by atoms with van der Waals surface area (Å²) in [5.74, 6) is 0.938. The van der Waals surface area contributed by atoms with Crippen LogP contribution < -0.4 is 10.5 Å². The van der Waals surface area contributed by atoms with E-state index in [-0.39, 0.29) is 0 Å². The fourth-order valence-electron chi connectivity index (χ4n) is 2.25. The van der Waals surface area contributed by atoms with Gasteiger partial charge >= 0.3 is 0 Å². The van der Waals surface area contributed by atoms with Crippen LogP contribution >= 0.6 is 0 Å². The summed E-state index contributed by atoms with van der Waals surface area (Å²) in [6.45, 7) is 3.36. The van der Waals surface area contributed by atoms with Gasteiger partial charge in [0.05, 0.1) is 6.61 Å². The van der Waals surface area contributed by atoms with Crippen molar-refractivity contribution in [3.8, 4) is 5.75 Å². The van der Waals surface area contributed by atoms with E-state index in [4.69, 9.17) is 10.5 Å². The van der Waals surface area contributed by atoms with Crippen LogP contribution in [0.25, 0.3) is 0 Å². The average molecular weight is 234 g/mol. The van der Waals surface area contributed by atoms with Gasteiger partial charge in [0.1, 0.15) is 5.75 Å². The van der Waals surface area contributed by atoms with Crippen molar-refractivity contribution in [3.05, 3.63) is 29.8 Å². The molecule has 1 fully saturated rings. The van der Waals surface area contributed by atoms with Crippen molar-refractivity contribution in [1.82, 2.24) is 4.90 Å². The van der Waals surface area contributed by atoms with Gasteiger partial charge < -0.3 is 10.5 Å². The van der Waals surface area contributed by atoms with Gasteiger partial charge in [0.2, 0.25) is 0 Å². The third-order valence-corrected chi connectivity index (χ3v) is 3.39. The molecule has 2 rings (SSSR count). The number of hydrogen-bond acceptors (Lipinski definition) is 3. The number of likely N-dealkylation sites (N-methyl/N-ethyl adjacent to an activating group) is 1. The molecule has 0 heterocycles. The SMILES string of the molecule is CCOc1cccc(C(CN)N(C)C2CC2)c1. The lowest BCUT2D eigenvalue weighted by atomic mass is 10.1. The molecule has 0 radical (unpaired) electrons. The molecule has 0 aliphatic heterocycles. The van der Waals surface area contributed by atoms with Crippen molar-refractivity contribution in [1.29, 1.82) is 0 Å². The van der Waals surface area contributed by atoms with Crippen LogP contribution in [0.4, 0.5) is 0 Å². The van der Waals surface area contributed by atoms with Gasteiger partial charge in [-0.2, -0.15) is 0 Å². The second-order valence-electron chi connectivity index (χ2n) is 4.65. The topological polar surface area (TPSA) is 38.5 Å². The van der Waals surface area contributed by atoms with Crippen LogP contribution in [0.1, 0.15) is 31.4 Å². The van der Waals surface area contributed by atoms with Gasteiger partial charge in [-0.15, -0.1) is 0 Å². The summed E-state index contributed by atoms with van der Waals surface area (Å²) in [6.07, 6.45) is 2.61. The van der Waals surface area contributed by atoms with Gasteiger partial charge in [0.15, 0.2) is 0 Å². The van der Waals surface area contributed by atoms with Gasteiger partial charge in [0.25, 0.3) is 0 Å². The van der Waals surface area contributed by atoms with Crippen molar-refractivity contribution >= 4 is 0 Å². The second kappa shape index (κ2) is 5.52. The second-order valence-corrected chi connectivity index (χ2v) is 4.65. The highest BCUT2D eigenvalue weighted by Gasteiger charge is 2.31. The molecule has 17 heavy (non-hydrogen) atoms. The smallest absolute Gasteiger partial charge is 0.119 e. The van der Waals surface area contributed by atoms with Crippen LogP contribution in [0.5, 0.6) is 5.75 Å². The Morgan fingerprint density at radius 3 is 2.82 bits per heavy atom. The first-order valence-electron chi connectivity index (χ1n) is 6.41. The molecule has 1 aliphatic carbocycles. The first kappa shape index (κ1) is 12.4. The monoisotopic (exact) mass is 234 g/mol. The number of benzene rings is 1. The zero-order valence-electron chi connectivity index (χ0n) is 10.7. The summed E-state index contributed by atoms with van der Waals surface area (Å²) < 4.78 is 5.54. The molecule has 3 nitrogen and oxygen atoms in total. The van der Waals surface area contributed by atoms with Gasteiger partial charge in [-0.25, -0.2) is 0 Å². The van der Waals surface area contributed by atoms with Crippen LogP contribution in [0.15, 0.2) is 24.3 Å². The molecule has 3 heteroatoms. The number of nitrogens with two attached hydrogens (primary N) is 1. The fourth-order valence-corrected chi connectivity index (χ4v) is 2.25. The van der Waals surface area contributed by atoms with Gasteiger partial charge in [-0.05, 0) is 44.5 Å². The van der Waals surface area contributed by atoms with E-state index in [1.807, 2.05) is 19.1 Å². The first-order valence-corrected chi connectivity index (χ1v) is 6.41. The number of rotatable bonds is 6. The Kier molecular flexibility index (Phi) is 4.02. The molecule has 0 bridgehead atoms. The Balaban J connectivity index is 2.14. The lowest BCUT2D eigenvalue weighted by Gasteiger charge is -2.27. The van der Waals surface area contributed by atoms with Crippen LogP contribution in [0.2, 0.25) is 0 Å². The molecule has 1 unspecified atom stereocenters. The number of ether oxygens (including phenoxy) is 1. The zero-order valence-corrected chi connectivity index (χ0v) is 10.7. The van der Waals surface area contributed by atoms with E-state index in [1.165, 1.54) is 18.4 Å². The van der Waals surface area contributed by atoms with Crippen molar-refractivity contribution < 1.29 is 4.74 Å². The highest BCUT2D eigenvalue weighted by atomic mass is 16.5. The zero-order chi connectivity index (χ0) is 12.3. The molecule has 94 valence electrons. The van der Waals surface area contributed by atoms with E-state index < -0.39 is 0 Å². The molecule has 0 spiro atoms. The molecule has 0 saturated heterocycles. The summed E-state index contributed by atoms with van der Waals surface area (Å²) in [6, 6.07) is 9.32. The lowest BCUT2D eigenvalue weighted by Crippen LogP contribution is -2.32. The predicted octanol–water partition coefficient (Wildman–Crippen LogP) is 2.18. The summed E-state index contributed by atoms with van der Waals surface area (Å²) in [5, 5.41) is 0. The Morgan fingerprint density at radius 2 is 2.24 bits per heavy atom. The van der Waals surface area contributed by atoms with Gasteiger partial charge in [0, 0.05) is 18.6 Å². The molecular weight excluding hydrogens is 212 g/mol. The van der Waals surface area contributed by atoms with Crippen molar-refractivity contribution in [2.45, 2.75) is 31.8 Å². The summed E-state index contributed by atoms with van der Waals surface area (Å²) in [7, 11) is 2.17. The van der Waals surface area contributed by atoms with Crippen LogP contribution in [0, 0.1) is 0 Å². The fraction of sp³-hybridized carbons (Fsp3) is 0.571. The predicted molar refractivity (Wildman–Crippen MR) is 70.2 cm³/mol. The minimum atomic E-state index is 0.308. The van der Waals surface area contributed by atoms with E-state index in [2.05, 4.69) is 24.1 Å². The van der Waals surface area contributed by atoms with Crippen LogP contribution in [0.3, 0.4) is 0 Å². The molecular formula is C14H22N2O. The van der Waals surface area contributed by atoms with E-state index >= 15 is 0 Å². The maximum atomic E-state index is 5.91. The Bertz CT molecular complexity index is 363. The highest BCUT2D eigenvalue weighted by Crippen LogP contribution is 2.33. The molecule has 2 N–H and O–H groups in total.